The lowest BCUT2D eigenvalue weighted by molar-refractivity contribution is 0.850. The zero-order chi connectivity index (χ0) is 13.4. The Labute approximate surface area is 113 Å². The number of para-hydroxylation sites is 1. The maximum atomic E-state index is 9.08. The number of hydrogen-bond donors (Lipinski definition) is 1. The summed E-state index contributed by atoms with van der Waals surface area (Å²) in [5, 5.41) is 10.1. The third kappa shape index (κ3) is 1.94. The van der Waals surface area contributed by atoms with Crippen LogP contribution in [0.15, 0.2) is 24.4 Å². The summed E-state index contributed by atoms with van der Waals surface area (Å²) in [5.41, 5.74) is 8.04. The Morgan fingerprint density at radius 2 is 2.32 bits per heavy atom. The predicted octanol–water partition coefficient (Wildman–Crippen LogP) is 2.30. The van der Waals surface area contributed by atoms with Crippen molar-refractivity contribution >= 4 is 28.3 Å². The first-order chi connectivity index (χ1) is 9.19. The van der Waals surface area contributed by atoms with Crippen molar-refractivity contribution in [3.8, 4) is 6.07 Å². The van der Waals surface area contributed by atoms with Gasteiger partial charge in [0.15, 0.2) is 0 Å². The van der Waals surface area contributed by atoms with Crippen molar-refractivity contribution < 1.29 is 0 Å². The second-order valence-electron chi connectivity index (χ2n) is 4.19. The normalized spacial score (nSPS) is 10.7. The van der Waals surface area contributed by atoms with Crippen molar-refractivity contribution in [1.82, 2.24) is 14.5 Å². The largest absolute Gasteiger partial charge is 0.369 e. The van der Waals surface area contributed by atoms with Crippen molar-refractivity contribution in [1.29, 1.82) is 5.26 Å². The van der Waals surface area contributed by atoms with E-state index in [9.17, 15) is 0 Å². The van der Waals surface area contributed by atoms with E-state index >= 15 is 0 Å². The first-order valence-electron chi connectivity index (χ1n) is 5.75. The molecule has 0 amide bonds. The van der Waals surface area contributed by atoms with Gasteiger partial charge in [0.2, 0.25) is 5.95 Å². The van der Waals surface area contributed by atoms with Gasteiger partial charge in [0.1, 0.15) is 11.6 Å². The number of nitrogen functional groups attached to an aromatic ring is 1. The lowest BCUT2D eigenvalue weighted by Gasteiger charge is -2.03. The molecule has 2 aromatic heterocycles. The predicted molar refractivity (Wildman–Crippen MR) is 74.8 cm³/mol. The van der Waals surface area contributed by atoms with E-state index in [-0.39, 0.29) is 0 Å². The number of thiazole rings is 1. The smallest absolute Gasteiger partial charge is 0.201 e. The molecule has 0 saturated carbocycles. The van der Waals surface area contributed by atoms with Crippen molar-refractivity contribution in [3.05, 3.63) is 39.8 Å². The summed E-state index contributed by atoms with van der Waals surface area (Å²) in [6.45, 7) is 2.60. The molecule has 3 rings (SSSR count). The van der Waals surface area contributed by atoms with Gasteiger partial charge in [-0.3, -0.25) is 0 Å². The number of aryl methyl sites for hydroxylation is 1. The molecule has 0 aliphatic heterocycles. The summed E-state index contributed by atoms with van der Waals surface area (Å²) >= 11 is 1.63. The number of rotatable bonds is 2. The van der Waals surface area contributed by atoms with Crippen LogP contribution >= 0.6 is 11.3 Å². The Kier molecular flexibility index (Phi) is 2.69. The highest BCUT2D eigenvalue weighted by Gasteiger charge is 2.12. The molecule has 0 bridgehead atoms. The Bertz CT molecular complexity index is 793. The van der Waals surface area contributed by atoms with Crippen LogP contribution in [0.5, 0.6) is 0 Å². The molecule has 0 fully saturated rings. The van der Waals surface area contributed by atoms with Crippen LogP contribution in [0.4, 0.5) is 5.95 Å². The topological polar surface area (TPSA) is 80.5 Å². The Morgan fingerprint density at radius 1 is 1.47 bits per heavy atom. The van der Waals surface area contributed by atoms with Crippen LogP contribution in [0.3, 0.4) is 0 Å². The first kappa shape index (κ1) is 11.7. The molecule has 0 saturated heterocycles. The molecule has 6 heteroatoms. The van der Waals surface area contributed by atoms with E-state index in [1.807, 2.05) is 29.8 Å². The van der Waals surface area contributed by atoms with Gasteiger partial charge in [0.05, 0.1) is 22.6 Å². The lowest BCUT2D eigenvalue weighted by atomic mass is 10.2. The van der Waals surface area contributed by atoms with Crippen LogP contribution in [-0.4, -0.2) is 14.5 Å². The van der Waals surface area contributed by atoms with Gasteiger partial charge in [-0.25, -0.2) is 9.97 Å². The van der Waals surface area contributed by atoms with E-state index in [4.69, 9.17) is 11.0 Å². The summed E-state index contributed by atoms with van der Waals surface area (Å²) in [7, 11) is 0. The minimum Gasteiger partial charge on any atom is -0.369 e. The number of nitrogens with zero attached hydrogens (tertiary/aromatic N) is 4. The molecule has 0 spiro atoms. The fraction of sp³-hybridized carbons (Fsp3) is 0.154. The number of hydrogen-bond acceptors (Lipinski definition) is 5. The molecule has 19 heavy (non-hydrogen) atoms. The Hall–Kier alpha value is -2.39. The molecule has 0 atom stereocenters. The fourth-order valence-electron chi connectivity index (χ4n) is 2.06. The van der Waals surface area contributed by atoms with Crippen molar-refractivity contribution in [2.24, 2.45) is 0 Å². The van der Waals surface area contributed by atoms with E-state index < -0.39 is 0 Å². The molecule has 94 valence electrons. The monoisotopic (exact) mass is 269 g/mol. The molecule has 5 nitrogen and oxygen atoms in total. The third-order valence-electron chi connectivity index (χ3n) is 2.91. The molecular formula is C13H11N5S. The van der Waals surface area contributed by atoms with Gasteiger partial charge in [0.25, 0.3) is 0 Å². The van der Waals surface area contributed by atoms with Crippen molar-refractivity contribution in [2.75, 3.05) is 5.73 Å². The molecule has 2 heterocycles. The molecular weight excluding hydrogens is 258 g/mol. The Morgan fingerprint density at radius 3 is 3.00 bits per heavy atom. The maximum absolute atomic E-state index is 9.08. The maximum Gasteiger partial charge on any atom is 0.201 e. The SMILES string of the molecule is Cc1ncc(Cn2c(N)nc3c(C#N)cccc32)s1. The molecule has 2 N–H and O–H groups in total. The summed E-state index contributed by atoms with van der Waals surface area (Å²) in [6, 6.07) is 7.65. The van der Waals surface area contributed by atoms with Gasteiger partial charge in [-0.15, -0.1) is 11.3 Å². The summed E-state index contributed by atoms with van der Waals surface area (Å²) in [6.07, 6.45) is 1.85. The van der Waals surface area contributed by atoms with Gasteiger partial charge in [-0.2, -0.15) is 5.26 Å². The third-order valence-corrected chi connectivity index (χ3v) is 3.81. The number of imidazole rings is 1. The molecule has 0 radical (unpaired) electrons. The van der Waals surface area contributed by atoms with Gasteiger partial charge >= 0.3 is 0 Å². The van der Waals surface area contributed by atoms with Gasteiger partial charge in [-0.05, 0) is 19.1 Å². The van der Waals surface area contributed by atoms with Crippen molar-refractivity contribution in [2.45, 2.75) is 13.5 Å². The van der Waals surface area contributed by atoms with Crippen LogP contribution in [0.25, 0.3) is 11.0 Å². The van der Waals surface area contributed by atoms with Crippen LogP contribution in [-0.2, 0) is 6.54 Å². The number of fused-ring (bicyclic) bond motifs is 1. The average molecular weight is 269 g/mol. The average Bonchev–Trinajstić information content (AvgIpc) is 2.94. The minimum absolute atomic E-state index is 0.420. The van der Waals surface area contributed by atoms with E-state index in [1.165, 1.54) is 0 Å². The zero-order valence-corrected chi connectivity index (χ0v) is 11.1. The number of aromatic nitrogens is 3. The quantitative estimate of drug-likeness (QED) is 0.774. The lowest BCUT2D eigenvalue weighted by Crippen LogP contribution is -2.03. The minimum atomic E-state index is 0.420. The molecule has 0 aliphatic carbocycles. The second kappa shape index (κ2) is 4.37. The number of nitriles is 1. The number of nitrogens with two attached hydrogens (primary N) is 1. The number of anilines is 1. The zero-order valence-electron chi connectivity index (χ0n) is 10.3. The highest BCUT2D eigenvalue weighted by molar-refractivity contribution is 7.11. The second-order valence-corrected chi connectivity index (χ2v) is 5.51. The van der Waals surface area contributed by atoms with Gasteiger partial charge in [0, 0.05) is 11.1 Å². The fourth-order valence-corrected chi connectivity index (χ4v) is 2.84. The van der Waals surface area contributed by atoms with Crippen LogP contribution in [0.2, 0.25) is 0 Å². The van der Waals surface area contributed by atoms with Gasteiger partial charge < -0.3 is 10.3 Å². The molecule has 3 aromatic rings. The molecule has 0 aliphatic rings. The summed E-state index contributed by atoms with van der Waals surface area (Å²) in [5.74, 6) is 0.420. The first-order valence-corrected chi connectivity index (χ1v) is 6.57. The van der Waals surface area contributed by atoms with Gasteiger partial charge in [-0.1, -0.05) is 6.07 Å². The van der Waals surface area contributed by atoms with E-state index in [0.29, 0.717) is 23.6 Å². The Balaban J connectivity index is 2.14. The molecule has 0 unspecified atom stereocenters. The highest BCUT2D eigenvalue weighted by Crippen LogP contribution is 2.23. The molecule has 1 aromatic carbocycles. The summed E-state index contributed by atoms with van der Waals surface area (Å²) in [4.78, 5) is 9.64. The highest BCUT2D eigenvalue weighted by atomic mass is 32.1. The van der Waals surface area contributed by atoms with E-state index in [0.717, 1.165) is 15.4 Å². The summed E-state index contributed by atoms with van der Waals surface area (Å²) < 4.78 is 1.91. The standard InChI is InChI=1S/C13H11N5S/c1-8-16-6-10(19-8)7-18-11-4-2-3-9(5-14)12(11)17-13(18)15/h2-4,6H,7H2,1H3,(H2,15,17). The van der Waals surface area contributed by atoms with Crippen molar-refractivity contribution in [3.63, 3.8) is 0 Å². The number of benzene rings is 1. The van der Waals surface area contributed by atoms with E-state index in [2.05, 4.69) is 16.0 Å². The van der Waals surface area contributed by atoms with Crippen LogP contribution in [0, 0.1) is 18.3 Å². The van der Waals surface area contributed by atoms with E-state index in [1.54, 1.807) is 17.4 Å². The van der Waals surface area contributed by atoms with Crippen LogP contribution < -0.4 is 5.73 Å². The van der Waals surface area contributed by atoms with Crippen LogP contribution in [0.1, 0.15) is 15.4 Å².